The van der Waals surface area contributed by atoms with Crippen LogP contribution in [0.1, 0.15) is 6.92 Å². The summed E-state index contributed by atoms with van der Waals surface area (Å²) in [4.78, 5) is 12.0. The molecule has 0 fully saturated rings. The van der Waals surface area contributed by atoms with Crippen molar-refractivity contribution in [3.8, 4) is 11.5 Å². The fraction of sp³-hybridized carbons (Fsp3) is 0.278. The molecule has 1 atom stereocenters. The maximum Gasteiger partial charge on any atom is 0.308 e. The number of nitrogens with one attached hydrogen (secondary N) is 1. The molecular weight excluding hydrogens is 388 g/mol. The van der Waals surface area contributed by atoms with Gasteiger partial charge in [-0.05, 0) is 37.3 Å². The molecule has 4 rings (SSSR count). The van der Waals surface area contributed by atoms with E-state index in [0.717, 1.165) is 16.9 Å². The summed E-state index contributed by atoms with van der Waals surface area (Å²) in [5.41, 5.74) is 0.743. The minimum absolute atomic E-state index is 0.0842. The smallest absolute Gasteiger partial charge is 0.308 e. The molecule has 0 spiro atoms. The Bertz CT molecular complexity index is 1150. The SMILES string of the molecule is CCn1c(=O)sc2cc(S(=O)(=O)NCC3COc4ccccc4O3)ccc21. The monoisotopic (exact) mass is 406 g/mol. The Kier molecular flexibility index (Phi) is 4.67. The van der Waals surface area contributed by atoms with Gasteiger partial charge in [-0.15, -0.1) is 0 Å². The van der Waals surface area contributed by atoms with E-state index in [4.69, 9.17) is 9.47 Å². The van der Waals surface area contributed by atoms with Gasteiger partial charge in [-0.2, -0.15) is 0 Å². The molecule has 1 aliphatic heterocycles. The number of rotatable bonds is 5. The van der Waals surface area contributed by atoms with Crippen LogP contribution in [-0.2, 0) is 16.6 Å². The first-order valence-electron chi connectivity index (χ1n) is 8.49. The summed E-state index contributed by atoms with van der Waals surface area (Å²) < 4.78 is 41.5. The zero-order chi connectivity index (χ0) is 19.0. The van der Waals surface area contributed by atoms with Crippen molar-refractivity contribution in [2.24, 2.45) is 0 Å². The number of thiazole rings is 1. The molecule has 142 valence electrons. The van der Waals surface area contributed by atoms with Gasteiger partial charge < -0.3 is 9.47 Å². The van der Waals surface area contributed by atoms with Crippen LogP contribution in [0.2, 0.25) is 0 Å². The highest BCUT2D eigenvalue weighted by molar-refractivity contribution is 7.89. The lowest BCUT2D eigenvalue weighted by Gasteiger charge is -2.26. The first kappa shape index (κ1) is 18.0. The number of aromatic nitrogens is 1. The number of benzene rings is 2. The molecular formula is C18H18N2O5S2. The number of aryl methyl sites for hydroxylation is 1. The second-order valence-corrected chi connectivity index (χ2v) is 8.85. The van der Waals surface area contributed by atoms with Gasteiger partial charge in [-0.3, -0.25) is 9.36 Å². The third-order valence-corrected chi connectivity index (χ3v) is 6.70. The van der Waals surface area contributed by atoms with Crippen LogP contribution in [-0.4, -0.2) is 32.2 Å². The van der Waals surface area contributed by atoms with Crippen LogP contribution in [0.4, 0.5) is 0 Å². The first-order chi connectivity index (χ1) is 13.0. The molecule has 2 aromatic carbocycles. The number of fused-ring (bicyclic) bond motifs is 2. The molecule has 1 unspecified atom stereocenters. The van der Waals surface area contributed by atoms with Crippen LogP contribution in [0.5, 0.6) is 11.5 Å². The van der Waals surface area contributed by atoms with Crippen LogP contribution in [0.3, 0.4) is 0 Å². The number of ether oxygens (including phenoxy) is 2. The van der Waals surface area contributed by atoms with Gasteiger partial charge in [0.05, 0.1) is 21.7 Å². The Morgan fingerprint density at radius 1 is 1.22 bits per heavy atom. The molecule has 0 saturated heterocycles. The lowest BCUT2D eigenvalue weighted by molar-refractivity contribution is 0.0943. The molecule has 27 heavy (non-hydrogen) atoms. The van der Waals surface area contributed by atoms with E-state index in [-0.39, 0.29) is 22.9 Å². The van der Waals surface area contributed by atoms with Gasteiger partial charge in [-0.1, -0.05) is 23.5 Å². The molecule has 0 bridgehead atoms. The molecule has 1 aliphatic rings. The summed E-state index contributed by atoms with van der Waals surface area (Å²) in [7, 11) is -3.73. The van der Waals surface area contributed by atoms with Crippen LogP contribution in [0, 0.1) is 0 Å². The normalized spacial score (nSPS) is 16.6. The van der Waals surface area contributed by atoms with E-state index in [9.17, 15) is 13.2 Å². The largest absolute Gasteiger partial charge is 0.486 e. The van der Waals surface area contributed by atoms with Gasteiger partial charge in [0, 0.05) is 6.54 Å². The topological polar surface area (TPSA) is 86.6 Å². The lowest BCUT2D eigenvalue weighted by Crippen LogP contribution is -2.40. The van der Waals surface area contributed by atoms with Gasteiger partial charge in [0.1, 0.15) is 12.7 Å². The summed E-state index contributed by atoms with van der Waals surface area (Å²) in [6.45, 7) is 2.77. The molecule has 0 radical (unpaired) electrons. The summed E-state index contributed by atoms with van der Waals surface area (Å²) in [6.07, 6.45) is -0.421. The lowest BCUT2D eigenvalue weighted by atomic mass is 10.2. The second-order valence-electron chi connectivity index (χ2n) is 6.09. The van der Waals surface area contributed by atoms with E-state index in [2.05, 4.69) is 4.72 Å². The van der Waals surface area contributed by atoms with Gasteiger partial charge >= 0.3 is 4.87 Å². The van der Waals surface area contributed by atoms with Crippen LogP contribution >= 0.6 is 11.3 Å². The van der Waals surface area contributed by atoms with E-state index >= 15 is 0 Å². The fourth-order valence-corrected chi connectivity index (χ4v) is 5.12. The summed E-state index contributed by atoms with van der Waals surface area (Å²) in [6, 6.07) is 12.0. The first-order valence-corrected chi connectivity index (χ1v) is 10.8. The summed E-state index contributed by atoms with van der Waals surface area (Å²) in [5, 5.41) is 0. The number of hydrogen-bond donors (Lipinski definition) is 1. The number of para-hydroxylation sites is 2. The Morgan fingerprint density at radius 2 is 2.00 bits per heavy atom. The molecule has 3 aromatic rings. The maximum atomic E-state index is 12.6. The Labute approximate surface area is 160 Å². The second kappa shape index (κ2) is 6.99. The quantitative estimate of drug-likeness (QED) is 0.702. The van der Waals surface area contributed by atoms with E-state index < -0.39 is 16.1 Å². The Balaban J connectivity index is 1.51. The maximum absolute atomic E-state index is 12.6. The number of hydrogen-bond acceptors (Lipinski definition) is 6. The van der Waals surface area contributed by atoms with E-state index in [1.54, 1.807) is 22.8 Å². The van der Waals surface area contributed by atoms with E-state index in [1.165, 1.54) is 12.1 Å². The molecule has 1 aromatic heterocycles. The molecule has 2 heterocycles. The highest BCUT2D eigenvalue weighted by Gasteiger charge is 2.24. The predicted molar refractivity (Wildman–Crippen MR) is 103 cm³/mol. The van der Waals surface area contributed by atoms with Crippen molar-refractivity contribution < 1.29 is 17.9 Å². The van der Waals surface area contributed by atoms with Gasteiger partial charge in [0.15, 0.2) is 11.5 Å². The predicted octanol–water partition coefficient (Wildman–Crippen LogP) is 2.20. The van der Waals surface area contributed by atoms with Crippen LogP contribution in [0.15, 0.2) is 52.2 Å². The molecule has 0 aliphatic carbocycles. The minimum atomic E-state index is -3.73. The van der Waals surface area contributed by atoms with Crippen molar-refractivity contribution in [3.05, 3.63) is 52.1 Å². The third-order valence-electron chi connectivity index (χ3n) is 4.33. The van der Waals surface area contributed by atoms with E-state index in [1.807, 2.05) is 19.1 Å². The zero-order valence-corrected chi connectivity index (χ0v) is 16.2. The molecule has 7 nitrogen and oxygen atoms in total. The van der Waals surface area contributed by atoms with Crippen molar-refractivity contribution >= 4 is 31.6 Å². The fourth-order valence-electron chi connectivity index (χ4n) is 2.96. The molecule has 9 heteroatoms. The minimum Gasteiger partial charge on any atom is -0.486 e. The average molecular weight is 406 g/mol. The third kappa shape index (κ3) is 3.45. The highest BCUT2D eigenvalue weighted by atomic mass is 32.2. The summed E-state index contributed by atoms with van der Waals surface area (Å²) >= 11 is 1.04. The van der Waals surface area contributed by atoms with Gasteiger partial charge in [0.2, 0.25) is 10.0 Å². The standard InChI is InChI=1S/C18H18N2O5S2/c1-2-20-14-8-7-13(9-17(14)26-18(20)21)27(22,23)19-10-12-11-24-15-5-3-4-6-16(15)25-12/h3-9,12,19H,2,10-11H2,1H3. The summed E-state index contributed by atoms with van der Waals surface area (Å²) in [5.74, 6) is 1.25. The Morgan fingerprint density at radius 3 is 2.78 bits per heavy atom. The molecule has 0 amide bonds. The molecule has 1 N–H and O–H groups in total. The van der Waals surface area contributed by atoms with Crippen LogP contribution in [0.25, 0.3) is 10.2 Å². The highest BCUT2D eigenvalue weighted by Crippen LogP contribution is 2.30. The molecule has 0 saturated carbocycles. The Hall–Kier alpha value is -2.36. The van der Waals surface area contributed by atoms with Crippen molar-refractivity contribution in [2.45, 2.75) is 24.5 Å². The van der Waals surface area contributed by atoms with E-state index in [0.29, 0.717) is 22.7 Å². The van der Waals surface area contributed by atoms with Crippen molar-refractivity contribution in [2.75, 3.05) is 13.2 Å². The number of sulfonamides is 1. The van der Waals surface area contributed by atoms with Crippen LogP contribution < -0.4 is 19.1 Å². The van der Waals surface area contributed by atoms with Crippen molar-refractivity contribution in [1.29, 1.82) is 0 Å². The average Bonchev–Trinajstić information content (AvgIpc) is 3.00. The zero-order valence-electron chi connectivity index (χ0n) is 14.5. The van der Waals surface area contributed by atoms with Gasteiger partial charge in [0.25, 0.3) is 0 Å². The number of nitrogens with zero attached hydrogens (tertiary/aromatic N) is 1. The van der Waals surface area contributed by atoms with Crippen molar-refractivity contribution in [3.63, 3.8) is 0 Å². The van der Waals surface area contributed by atoms with Crippen molar-refractivity contribution in [1.82, 2.24) is 9.29 Å². The van der Waals surface area contributed by atoms with Gasteiger partial charge in [-0.25, -0.2) is 13.1 Å².